The molecule has 1 saturated heterocycles. The third kappa shape index (κ3) is 5.86. The molecule has 0 bridgehead atoms. The minimum atomic E-state index is -4.51. The Morgan fingerprint density at radius 2 is 1.68 bits per heavy atom. The van der Waals surface area contributed by atoms with Crippen LogP contribution < -0.4 is 14.2 Å². The molecule has 3 aromatic rings. The van der Waals surface area contributed by atoms with E-state index in [1.165, 1.54) is 6.07 Å². The molecule has 2 unspecified atom stereocenters. The van der Waals surface area contributed by atoms with Gasteiger partial charge in [0.1, 0.15) is 23.4 Å². The first-order valence-electron chi connectivity index (χ1n) is 14.0. The number of ether oxygens (including phenoxy) is 4. The van der Waals surface area contributed by atoms with E-state index in [-0.39, 0.29) is 17.9 Å². The molecule has 1 fully saturated rings. The van der Waals surface area contributed by atoms with Gasteiger partial charge in [0.25, 0.3) is 0 Å². The maximum Gasteiger partial charge on any atom is 0.417 e. The van der Waals surface area contributed by atoms with Gasteiger partial charge in [0, 0.05) is 30.8 Å². The lowest BCUT2D eigenvalue weighted by Gasteiger charge is -2.22. The van der Waals surface area contributed by atoms with Crippen molar-refractivity contribution >= 4 is 5.97 Å². The first-order valence-corrected chi connectivity index (χ1v) is 14.0. The van der Waals surface area contributed by atoms with E-state index >= 15 is 0 Å². The van der Waals surface area contributed by atoms with E-state index in [9.17, 15) is 18.0 Å². The summed E-state index contributed by atoms with van der Waals surface area (Å²) in [4.78, 5) is 11.1. The summed E-state index contributed by atoms with van der Waals surface area (Å²) < 4.78 is 65.8. The Bertz CT molecular complexity index is 1410. The summed E-state index contributed by atoms with van der Waals surface area (Å²) in [6.07, 6.45) is -2.07. The highest BCUT2D eigenvalue weighted by atomic mass is 19.4. The second-order valence-electron chi connectivity index (χ2n) is 10.9. The van der Waals surface area contributed by atoms with E-state index in [2.05, 4.69) is 0 Å². The summed E-state index contributed by atoms with van der Waals surface area (Å²) in [7, 11) is 0. The van der Waals surface area contributed by atoms with E-state index in [1.54, 1.807) is 36.4 Å². The molecule has 6 nitrogen and oxygen atoms in total. The Morgan fingerprint density at radius 1 is 0.951 bits per heavy atom. The molecule has 1 N–H and O–H groups in total. The monoisotopic (exact) mass is 568 g/mol. The predicted molar refractivity (Wildman–Crippen MR) is 145 cm³/mol. The van der Waals surface area contributed by atoms with Crippen LogP contribution in [0.4, 0.5) is 13.2 Å². The van der Waals surface area contributed by atoms with Crippen molar-refractivity contribution in [3.63, 3.8) is 0 Å². The highest BCUT2D eigenvalue weighted by molar-refractivity contribution is 5.75. The van der Waals surface area contributed by atoms with Crippen LogP contribution in [0.25, 0.3) is 11.1 Å². The van der Waals surface area contributed by atoms with Gasteiger partial charge in [-0.1, -0.05) is 24.3 Å². The van der Waals surface area contributed by atoms with Crippen molar-refractivity contribution in [2.75, 3.05) is 26.4 Å². The number of hydrogen-bond donors (Lipinski definition) is 1. The topological polar surface area (TPSA) is 74.2 Å². The molecule has 2 aliphatic heterocycles. The summed E-state index contributed by atoms with van der Waals surface area (Å²) in [6, 6.07) is 14.9. The maximum atomic E-state index is 14.2. The molecule has 0 radical (unpaired) electrons. The number of hydrogen-bond acceptors (Lipinski definition) is 5. The van der Waals surface area contributed by atoms with Gasteiger partial charge in [-0.25, -0.2) is 0 Å². The van der Waals surface area contributed by atoms with Crippen LogP contribution in [-0.4, -0.2) is 37.5 Å². The normalized spacial score (nSPS) is 20.3. The van der Waals surface area contributed by atoms with Gasteiger partial charge in [0.05, 0.1) is 25.2 Å². The first-order chi connectivity index (χ1) is 19.8. The van der Waals surface area contributed by atoms with Gasteiger partial charge in [0.15, 0.2) is 0 Å². The zero-order valence-electron chi connectivity index (χ0n) is 22.4. The Balaban J connectivity index is 1.23. The SMILES string of the molecule is O=C(O)CC1COc2cc(OC3CCc4c3ccc(C(F)(F)F)c4-c3ccc(OCC4CCOCC4)cc3)ccc21. The standard InChI is InChI=1S/C32H31F3O6/c33-32(34,35)27-9-7-25-26(31(27)20-1-3-22(4-2-20)39-17-19-11-13-38-14-12-19)8-10-28(25)41-23-5-6-24-21(15-30(36)37)18-40-29(24)16-23/h1-7,9,16,19,21,28H,8,10-15,17-18H2,(H,36,37). The smallest absolute Gasteiger partial charge is 0.417 e. The molecule has 1 aliphatic carbocycles. The van der Waals surface area contributed by atoms with E-state index in [1.807, 2.05) is 6.07 Å². The number of alkyl halides is 3. The third-order valence-corrected chi connectivity index (χ3v) is 8.19. The molecular weight excluding hydrogens is 537 g/mol. The van der Waals surface area contributed by atoms with Crippen molar-refractivity contribution in [3.05, 3.63) is 76.9 Å². The number of carboxylic acids is 1. The van der Waals surface area contributed by atoms with E-state index < -0.39 is 23.8 Å². The number of aliphatic carboxylic acids is 1. The lowest BCUT2D eigenvalue weighted by atomic mass is 9.91. The lowest BCUT2D eigenvalue weighted by Crippen LogP contribution is -2.21. The number of rotatable bonds is 8. The summed E-state index contributed by atoms with van der Waals surface area (Å²) in [5, 5.41) is 9.14. The fourth-order valence-corrected chi connectivity index (χ4v) is 6.07. The van der Waals surface area contributed by atoms with Crippen LogP contribution in [0.1, 0.15) is 60.0 Å². The highest BCUT2D eigenvalue weighted by Gasteiger charge is 2.38. The van der Waals surface area contributed by atoms with E-state index in [4.69, 9.17) is 24.1 Å². The molecule has 0 saturated carbocycles. The van der Waals surface area contributed by atoms with Crippen molar-refractivity contribution in [2.45, 2.75) is 50.3 Å². The molecule has 6 rings (SSSR count). The fraction of sp³-hybridized carbons (Fsp3) is 0.406. The Hall–Kier alpha value is -3.72. The van der Waals surface area contributed by atoms with Gasteiger partial charge >= 0.3 is 12.1 Å². The van der Waals surface area contributed by atoms with Crippen LogP contribution in [0.2, 0.25) is 0 Å². The second-order valence-corrected chi connectivity index (χ2v) is 10.9. The Morgan fingerprint density at radius 3 is 2.41 bits per heavy atom. The zero-order chi connectivity index (χ0) is 28.6. The van der Waals surface area contributed by atoms with Crippen LogP contribution in [0, 0.1) is 5.92 Å². The quantitative estimate of drug-likeness (QED) is 0.310. The molecule has 41 heavy (non-hydrogen) atoms. The van der Waals surface area contributed by atoms with Crippen molar-refractivity contribution < 1.29 is 42.0 Å². The molecule has 0 amide bonds. The van der Waals surface area contributed by atoms with Crippen molar-refractivity contribution in [1.29, 1.82) is 0 Å². The number of carboxylic acid groups (broad SMARTS) is 1. The summed E-state index contributed by atoms with van der Waals surface area (Å²) in [6.45, 7) is 2.31. The Labute approximate surface area is 236 Å². The van der Waals surface area contributed by atoms with Gasteiger partial charge in [-0.05, 0) is 78.1 Å². The molecule has 9 heteroatoms. The highest BCUT2D eigenvalue weighted by Crippen LogP contribution is 2.47. The van der Waals surface area contributed by atoms with Gasteiger partial charge < -0.3 is 24.1 Å². The van der Waals surface area contributed by atoms with E-state index in [0.717, 1.165) is 43.2 Å². The summed E-state index contributed by atoms with van der Waals surface area (Å²) >= 11 is 0. The summed E-state index contributed by atoms with van der Waals surface area (Å²) in [5.74, 6) is 1.06. The second kappa shape index (κ2) is 11.3. The number of fused-ring (bicyclic) bond motifs is 2. The number of benzene rings is 3. The largest absolute Gasteiger partial charge is 0.493 e. The molecule has 216 valence electrons. The average molecular weight is 569 g/mol. The van der Waals surface area contributed by atoms with Gasteiger partial charge in [-0.2, -0.15) is 13.2 Å². The predicted octanol–water partition coefficient (Wildman–Crippen LogP) is 7.19. The third-order valence-electron chi connectivity index (χ3n) is 8.19. The molecule has 2 heterocycles. The van der Waals surface area contributed by atoms with Gasteiger partial charge in [-0.3, -0.25) is 4.79 Å². The first kappa shape index (κ1) is 27.4. The minimum absolute atomic E-state index is 0.0173. The van der Waals surface area contributed by atoms with Gasteiger partial charge in [0.2, 0.25) is 0 Å². The van der Waals surface area contributed by atoms with Gasteiger partial charge in [-0.15, -0.1) is 0 Å². The van der Waals surface area contributed by atoms with Crippen LogP contribution in [-0.2, 0) is 22.1 Å². The Kier molecular flexibility index (Phi) is 7.55. The van der Waals surface area contributed by atoms with Crippen LogP contribution in [0.15, 0.2) is 54.6 Å². The van der Waals surface area contributed by atoms with Crippen molar-refractivity contribution in [1.82, 2.24) is 0 Å². The molecule has 0 aromatic heterocycles. The zero-order valence-corrected chi connectivity index (χ0v) is 22.4. The molecule has 2 atom stereocenters. The van der Waals surface area contributed by atoms with Crippen LogP contribution in [0.3, 0.4) is 0 Å². The van der Waals surface area contributed by atoms with Crippen LogP contribution >= 0.6 is 0 Å². The molecule has 0 spiro atoms. The average Bonchev–Trinajstić information content (AvgIpc) is 3.55. The van der Waals surface area contributed by atoms with E-state index in [0.29, 0.717) is 60.3 Å². The van der Waals surface area contributed by atoms with Crippen molar-refractivity contribution in [2.24, 2.45) is 5.92 Å². The molecule has 3 aromatic carbocycles. The van der Waals surface area contributed by atoms with Crippen LogP contribution in [0.5, 0.6) is 17.2 Å². The molecule has 3 aliphatic rings. The number of carbonyl (C=O) groups is 1. The van der Waals surface area contributed by atoms with Crippen molar-refractivity contribution in [3.8, 4) is 28.4 Å². The maximum absolute atomic E-state index is 14.2. The molecular formula is C32H31F3O6. The lowest BCUT2D eigenvalue weighted by molar-refractivity contribution is -0.138. The summed E-state index contributed by atoms with van der Waals surface area (Å²) in [5.41, 5.74) is 2.21. The number of halogens is 3. The minimum Gasteiger partial charge on any atom is -0.493 e. The fourth-order valence-electron chi connectivity index (χ4n) is 6.07.